The summed E-state index contributed by atoms with van der Waals surface area (Å²) in [6.07, 6.45) is 4.47. The van der Waals surface area contributed by atoms with Crippen LogP contribution in [0.5, 0.6) is 0 Å². The maximum Gasteiger partial charge on any atom is 0.229 e. The molecular formula is C19H17N7O2S. The molecule has 0 aliphatic carbocycles. The number of nitrogens with zero attached hydrogens (tertiary/aromatic N) is 6. The Hall–Kier alpha value is -3.58. The highest BCUT2D eigenvalue weighted by Crippen LogP contribution is 2.29. The van der Waals surface area contributed by atoms with Crippen molar-refractivity contribution >= 4 is 27.5 Å². The molecule has 1 amide bonds. The van der Waals surface area contributed by atoms with Crippen molar-refractivity contribution in [2.75, 3.05) is 6.54 Å². The highest BCUT2D eigenvalue weighted by atomic mass is 32.1. The van der Waals surface area contributed by atoms with Gasteiger partial charge in [0.15, 0.2) is 0 Å². The number of hydrogen-bond donors (Lipinski definition) is 1. The molecule has 10 heteroatoms. The van der Waals surface area contributed by atoms with Crippen LogP contribution in [0.25, 0.3) is 21.3 Å². The second-order valence-corrected chi connectivity index (χ2v) is 7.51. The molecule has 146 valence electrons. The van der Waals surface area contributed by atoms with Gasteiger partial charge >= 0.3 is 0 Å². The van der Waals surface area contributed by atoms with Crippen molar-refractivity contribution in [1.29, 1.82) is 5.26 Å². The third-order valence-electron chi connectivity index (χ3n) is 4.15. The summed E-state index contributed by atoms with van der Waals surface area (Å²) >= 11 is 1.57. The van der Waals surface area contributed by atoms with E-state index < -0.39 is 0 Å². The number of fused-ring (bicyclic) bond motifs is 1. The molecule has 1 aromatic carbocycles. The molecule has 4 rings (SSSR count). The van der Waals surface area contributed by atoms with Crippen molar-refractivity contribution in [2.24, 2.45) is 7.05 Å². The lowest BCUT2D eigenvalue weighted by molar-refractivity contribution is -0.120. The molecule has 0 atom stereocenters. The molecule has 9 nitrogen and oxygen atoms in total. The first-order chi connectivity index (χ1) is 14.1. The van der Waals surface area contributed by atoms with Crippen LogP contribution in [-0.2, 0) is 24.7 Å². The summed E-state index contributed by atoms with van der Waals surface area (Å²) in [5.74, 6) is 0.407. The van der Waals surface area contributed by atoms with E-state index in [0.717, 1.165) is 26.4 Å². The lowest BCUT2D eigenvalue weighted by atomic mass is 10.1. The van der Waals surface area contributed by atoms with Gasteiger partial charge in [-0.1, -0.05) is 6.07 Å². The van der Waals surface area contributed by atoms with Gasteiger partial charge in [0.25, 0.3) is 0 Å². The maximum absolute atomic E-state index is 11.8. The van der Waals surface area contributed by atoms with E-state index in [-0.39, 0.29) is 24.6 Å². The van der Waals surface area contributed by atoms with Crippen molar-refractivity contribution < 1.29 is 9.21 Å². The summed E-state index contributed by atoms with van der Waals surface area (Å²) in [7, 11) is 1.89. The topological polar surface area (TPSA) is 123 Å². The molecule has 29 heavy (non-hydrogen) atoms. The second kappa shape index (κ2) is 8.20. The number of benzene rings is 1. The Morgan fingerprint density at radius 1 is 1.31 bits per heavy atom. The van der Waals surface area contributed by atoms with Gasteiger partial charge in [0.1, 0.15) is 11.4 Å². The molecule has 0 radical (unpaired) electrons. The van der Waals surface area contributed by atoms with Gasteiger partial charge in [-0.2, -0.15) is 10.4 Å². The third-order valence-corrected chi connectivity index (χ3v) is 5.17. The van der Waals surface area contributed by atoms with Crippen LogP contribution in [0, 0.1) is 11.3 Å². The van der Waals surface area contributed by atoms with E-state index in [4.69, 9.17) is 9.68 Å². The molecular weight excluding hydrogens is 390 g/mol. The van der Waals surface area contributed by atoms with Gasteiger partial charge in [0.05, 0.1) is 35.3 Å². The predicted molar refractivity (Wildman–Crippen MR) is 106 cm³/mol. The summed E-state index contributed by atoms with van der Waals surface area (Å²) in [5.41, 5.74) is 3.05. The minimum absolute atomic E-state index is 0.00720. The Morgan fingerprint density at radius 2 is 2.17 bits per heavy atom. The Kier molecular flexibility index (Phi) is 5.31. The molecule has 0 saturated heterocycles. The number of rotatable bonds is 7. The van der Waals surface area contributed by atoms with Crippen LogP contribution in [0.4, 0.5) is 0 Å². The summed E-state index contributed by atoms with van der Waals surface area (Å²) in [4.78, 5) is 16.4. The molecule has 0 fully saturated rings. The van der Waals surface area contributed by atoms with E-state index in [0.29, 0.717) is 18.9 Å². The summed E-state index contributed by atoms with van der Waals surface area (Å²) in [6, 6.07) is 8.08. The quantitative estimate of drug-likeness (QED) is 0.466. The lowest BCUT2D eigenvalue weighted by Gasteiger charge is -1.98. The predicted octanol–water partition coefficient (Wildman–Crippen LogP) is 2.24. The fourth-order valence-electron chi connectivity index (χ4n) is 2.82. The first-order valence-electron chi connectivity index (χ1n) is 8.94. The van der Waals surface area contributed by atoms with Crippen LogP contribution in [0.15, 0.2) is 35.0 Å². The maximum atomic E-state index is 11.8. The number of amides is 1. The van der Waals surface area contributed by atoms with Gasteiger partial charge in [-0.15, -0.1) is 21.5 Å². The SMILES string of the molecule is Cn1cc(-c2ccc3nc(Cc4nnc(CC(=O)NCCC#N)o4)sc3c2)cn1. The molecule has 4 aromatic rings. The number of thiazole rings is 1. The van der Waals surface area contributed by atoms with Crippen molar-refractivity contribution in [1.82, 2.24) is 30.3 Å². The molecule has 1 N–H and O–H groups in total. The Morgan fingerprint density at radius 3 is 2.97 bits per heavy atom. The third kappa shape index (κ3) is 4.47. The van der Waals surface area contributed by atoms with Crippen LogP contribution in [0.3, 0.4) is 0 Å². The number of carbonyl (C=O) groups is 1. The van der Waals surface area contributed by atoms with Crippen LogP contribution in [-0.4, -0.2) is 37.4 Å². The molecule has 0 saturated carbocycles. The zero-order valence-electron chi connectivity index (χ0n) is 15.6. The van der Waals surface area contributed by atoms with Crippen LogP contribution in [0.2, 0.25) is 0 Å². The Labute approximate surface area is 170 Å². The van der Waals surface area contributed by atoms with Gasteiger partial charge in [0, 0.05) is 25.4 Å². The summed E-state index contributed by atoms with van der Waals surface area (Å²) < 4.78 is 8.40. The highest BCUT2D eigenvalue weighted by molar-refractivity contribution is 7.18. The van der Waals surface area contributed by atoms with Crippen LogP contribution in [0.1, 0.15) is 23.2 Å². The van der Waals surface area contributed by atoms with Crippen molar-refractivity contribution in [3.05, 3.63) is 47.4 Å². The van der Waals surface area contributed by atoms with E-state index >= 15 is 0 Å². The van der Waals surface area contributed by atoms with Crippen molar-refractivity contribution in [2.45, 2.75) is 19.3 Å². The number of hydrogen-bond acceptors (Lipinski definition) is 8. The van der Waals surface area contributed by atoms with Crippen molar-refractivity contribution in [3.8, 4) is 17.2 Å². The van der Waals surface area contributed by atoms with Gasteiger partial charge in [0.2, 0.25) is 17.7 Å². The number of nitriles is 1. The van der Waals surface area contributed by atoms with Gasteiger partial charge in [-0.05, 0) is 17.7 Å². The average Bonchev–Trinajstić information content (AvgIpc) is 3.41. The first-order valence-corrected chi connectivity index (χ1v) is 9.76. The zero-order chi connectivity index (χ0) is 20.2. The van der Waals surface area contributed by atoms with Crippen LogP contribution < -0.4 is 5.32 Å². The van der Waals surface area contributed by atoms with E-state index in [9.17, 15) is 4.79 Å². The monoisotopic (exact) mass is 407 g/mol. The number of carbonyl (C=O) groups excluding carboxylic acids is 1. The lowest BCUT2D eigenvalue weighted by Crippen LogP contribution is -2.25. The van der Waals surface area contributed by atoms with Gasteiger partial charge < -0.3 is 9.73 Å². The normalized spacial score (nSPS) is 10.9. The number of aryl methyl sites for hydroxylation is 1. The minimum atomic E-state index is -0.252. The first kappa shape index (κ1) is 18.8. The van der Waals surface area contributed by atoms with Crippen molar-refractivity contribution in [3.63, 3.8) is 0 Å². The highest BCUT2D eigenvalue weighted by Gasteiger charge is 2.14. The fourth-order valence-corrected chi connectivity index (χ4v) is 3.81. The Balaban J connectivity index is 1.44. The molecule has 3 heterocycles. The molecule has 0 aliphatic rings. The Bertz CT molecular complexity index is 1200. The minimum Gasteiger partial charge on any atom is -0.424 e. The summed E-state index contributed by atoms with van der Waals surface area (Å²) in [5, 5.41) is 24.1. The largest absolute Gasteiger partial charge is 0.424 e. The average molecular weight is 407 g/mol. The molecule has 3 aromatic heterocycles. The molecule has 0 aliphatic heterocycles. The fraction of sp³-hybridized carbons (Fsp3) is 0.263. The molecule has 0 bridgehead atoms. The van der Waals surface area contributed by atoms with Gasteiger partial charge in [-0.25, -0.2) is 4.98 Å². The standard InChI is InChI=1S/C19H17N7O2S/c1-26-11-13(10-22-26)12-3-4-14-15(7-12)29-19(23-14)9-18-25-24-17(28-18)8-16(27)21-6-2-5-20/h3-4,7,10-11H,2,6,8-9H2,1H3,(H,21,27). The van der Waals surface area contributed by atoms with E-state index in [1.807, 2.05) is 37.6 Å². The number of nitrogens with one attached hydrogen (secondary N) is 1. The van der Waals surface area contributed by atoms with E-state index in [2.05, 4.69) is 31.7 Å². The molecule has 0 unspecified atom stereocenters. The van der Waals surface area contributed by atoms with E-state index in [1.54, 1.807) is 16.0 Å². The van der Waals surface area contributed by atoms with E-state index in [1.165, 1.54) is 0 Å². The van der Waals surface area contributed by atoms with Gasteiger partial charge in [-0.3, -0.25) is 9.48 Å². The summed E-state index contributed by atoms with van der Waals surface area (Å²) in [6.45, 7) is 0.309. The zero-order valence-corrected chi connectivity index (χ0v) is 16.4. The number of aromatic nitrogens is 5. The van der Waals surface area contributed by atoms with Crippen LogP contribution >= 0.6 is 11.3 Å². The molecule has 0 spiro atoms. The second-order valence-electron chi connectivity index (χ2n) is 6.39. The smallest absolute Gasteiger partial charge is 0.229 e.